The monoisotopic (exact) mass is 530 g/mol. The van der Waals surface area contributed by atoms with Crippen molar-refractivity contribution < 1.29 is 28.2 Å². The van der Waals surface area contributed by atoms with E-state index in [1.165, 1.54) is 17.2 Å². The number of ether oxygens (including phenoxy) is 2. The van der Waals surface area contributed by atoms with Gasteiger partial charge < -0.3 is 29.9 Å². The number of aryl methyl sites for hydroxylation is 1. The van der Waals surface area contributed by atoms with E-state index in [0.717, 1.165) is 5.69 Å². The standard InChI is InChI=1S/C26H35FN6O5/c1-18(2)38-25(35)31(4)14-15-37-26(36)33-12-10-32(11-13-33)17-20-6-5-7-22(23(20)27)30-24(34)29-21-9-8-19(3)28-16-21/h5-9,16,18H,10-15,17H2,1-4H3,(H2,29,30,34). The van der Waals surface area contributed by atoms with Crippen LogP contribution >= 0.6 is 0 Å². The molecule has 1 aliphatic heterocycles. The Balaban J connectivity index is 1.43. The van der Waals surface area contributed by atoms with E-state index in [0.29, 0.717) is 44.0 Å². The molecule has 1 aromatic heterocycles. The lowest BCUT2D eigenvalue weighted by atomic mass is 10.1. The fraction of sp³-hybridized carbons (Fsp3) is 0.462. The number of amides is 4. The van der Waals surface area contributed by atoms with Crippen LogP contribution in [0.3, 0.4) is 0 Å². The highest BCUT2D eigenvalue weighted by Gasteiger charge is 2.24. The highest BCUT2D eigenvalue weighted by Crippen LogP contribution is 2.21. The summed E-state index contributed by atoms with van der Waals surface area (Å²) in [6.45, 7) is 7.90. The predicted molar refractivity (Wildman–Crippen MR) is 140 cm³/mol. The van der Waals surface area contributed by atoms with Gasteiger partial charge in [-0.1, -0.05) is 12.1 Å². The number of rotatable bonds is 8. The van der Waals surface area contributed by atoms with Crippen LogP contribution in [0.4, 0.5) is 30.1 Å². The van der Waals surface area contributed by atoms with E-state index in [2.05, 4.69) is 15.6 Å². The molecule has 0 saturated carbocycles. The molecular weight excluding hydrogens is 495 g/mol. The molecule has 1 aliphatic rings. The number of likely N-dealkylation sites (N-methyl/N-ethyl adjacent to an activating group) is 1. The van der Waals surface area contributed by atoms with Crippen molar-refractivity contribution in [2.24, 2.45) is 0 Å². The summed E-state index contributed by atoms with van der Waals surface area (Å²) >= 11 is 0. The Labute approximate surface area is 221 Å². The molecule has 11 nitrogen and oxygen atoms in total. The van der Waals surface area contributed by atoms with Gasteiger partial charge in [0.05, 0.1) is 30.2 Å². The number of aromatic nitrogens is 1. The van der Waals surface area contributed by atoms with Crippen molar-refractivity contribution in [3.63, 3.8) is 0 Å². The van der Waals surface area contributed by atoms with Crippen molar-refractivity contribution in [2.45, 2.75) is 33.4 Å². The SMILES string of the molecule is Cc1ccc(NC(=O)Nc2cccc(CN3CCN(C(=O)OCCN(C)C(=O)OC(C)C)CC3)c2F)cn1. The first-order valence-electron chi connectivity index (χ1n) is 12.5. The number of carbonyl (C=O) groups is 3. The van der Waals surface area contributed by atoms with Gasteiger partial charge in [-0.05, 0) is 39.0 Å². The molecule has 0 radical (unpaired) electrons. The van der Waals surface area contributed by atoms with Crippen LogP contribution in [0.25, 0.3) is 0 Å². The Morgan fingerprint density at radius 3 is 2.50 bits per heavy atom. The summed E-state index contributed by atoms with van der Waals surface area (Å²) in [5.41, 5.74) is 1.83. The Hall–Kier alpha value is -3.93. The maximum absolute atomic E-state index is 15.1. The van der Waals surface area contributed by atoms with Crippen LogP contribution in [0.1, 0.15) is 25.1 Å². The zero-order valence-electron chi connectivity index (χ0n) is 22.2. The van der Waals surface area contributed by atoms with Crippen molar-refractivity contribution in [3.05, 3.63) is 53.6 Å². The zero-order valence-corrected chi connectivity index (χ0v) is 22.2. The number of pyridine rings is 1. The van der Waals surface area contributed by atoms with E-state index in [1.807, 2.05) is 11.8 Å². The predicted octanol–water partition coefficient (Wildman–Crippen LogP) is 3.90. The normalized spacial score (nSPS) is 13.7. The number of piperazine rings is 1. The average molecular weight is 531 g/mol. The molecule has 0 aliphatic carbocycles. The van der Waals surface area contributed by atoms with E-state index in [-0.39, 0.29) is 24.9 Å². The molecule has 2 N–H and O–H groups in total. The van der Waals surface area contributed by atoms with Gasteiger partial charge in [0, 0.05) is 51.0 Å². The number of carbonyl (C=O) groups excluding carboxylic acids is 3. The van der Waals surface area contributed by atoms with Gasteiger partial charge in [0.2, 0.25) is 0 Å². The van der Waals surface area contributed by atoms with Crippen LogP contribution in [0.2, 0.25) is 0 Å². The molecule has 3 rings (SSSR count). The lowest BCUT2D eigenvalue weighted by Gasteiger charge is -2.34. The molecule has 1 fully saturated rings. The molecule has 0 bridgehead atoms. The number of hydrogen-bond donors (Lipinski definition) is 2. The van der Waals surface area contributed by atoms with Gasteiger partial charge in [-0.15, -0.1) is 0 Å². The molecule has 1 saturated heterocycles. The molecule has 206 valence electrons. The minimum Gasteiger partial charge on any atom is -0.448 e. The van der Waals surface area contributed by atoms with Gasteiger partial charge in [-0.3, -0.25) is 9.88 Å². The van der Waals surface area contributed by atoms with Gasteiger partial charge in [0.25, 0.3) is 0 Å². The van der Waals surface area contributed by atoms with Gasteiger partial charge in [-0.25, -0.2) is 18.8 Å². The quantitative estimate of drug-likeness (QED) is 0.532. The van der Waals surface area contributed by atoms with E-state index in [1.54, 1.807) is 50.1 Å². The van der Waals surface area contributed by atoms with Crippen LogP contribution < -0.4 is 10.6 Å². The Kier molecular flexibility index (Phi) is 10.2. The molecule has 4 amide bonds. The van der Waals surface area contributed by atoms with E-state index < -0.39 is 24.0 Å². The lowest BCUT2D eigenvalue weighted by Crippen LogP contribution is -2.48. The van der Waals surface area contributed by atoms with Crippen molar-refractivity contribution in [1.82, 2.24) is 19.7 Å². The summed E-state index contributed by atoms with van der Waals surface area (Å²) in [6.07, 6.45) is 0.375. The number of nitrogens with zero attached hydrogens (tertiary/aromatic N) is 4. The van der Waals surface area contributed by atoms with Gasteiger partial charge in [-0.2, -0.15) is 0 Å². The van der Waals surface area contributed by atoms with E-state index in [9.17, 15) is 14.4 Å². The summed E-state index contributed by atoms with van der Waals surface area (Å²) in [5, 5.41) is 5.17. The summed E-state index contributed by atoms with van der Waals surface area (Å²) < 4.78 is 25.5. The van der Waals surface area contributed by atoms with Crippen molar-refractivity contribution in [2.75, 3.05) is 57.0 Å². The van der Waals surface area contributed by atoms with Crippen LogP contribution in [0.15, 0.2) is 36.5 Å². The first-order chi connectivity index (χ1) is 18.1. The fourth-order valence-corrected chi connectivity index (χ4v) is 3.70. The number of benzene rings is 1. The molecule has 2 heterocycles. The van der Waals surface area contributed by atoms with Crippen molar-refractivity contribution in [1.29, 1.82) is 0 Å². The van der Waals surface area contributed by atoms with Crippen LogP contribution in [0, 0.1) is 12.7 Å². The second kappa shape index (κ2) is 13.6. The zero-order chi connectivity index (χ0) is 27.7. The van der Waals surface area contributed by atoms with Gasteiger partial charge in [0.15, 0.2) is 5.82 Å². The summed E-state index contributed by atoms with van der Waals surface area (Å²) in [7, 11) is 1.58. The largest absolute Gasteiger partial charge is 0.448 e. The second-order valence-electron chi connectivity index (χ2n) is 9.28. The topological polar surface area (TPSA) is 116 Å². The number of halogens is 1. The summed E-state index contributed by atoms with van der Waals surface area (Å²) in [6, 6.07) is 7.77. The summed E-state index contributed by atoms with van der Waals surface area (Å²) in [5.74, 6) is -0.508. The fourth-order valence-electron chi connectivity index (χ4n) is 3.70. The van der Waals surface area contributed by atoms with Crippen LogP contribution in [-0.4, -0.2) is 90.4 Å². The first-order valence-corrected chi connectivity index (χ1v) is 12.5. The van der Waals surface area contributed by atoms with Crippen LogP contribution in [0.5, 0.6) is 0 Å². The third-order valence-corrected chi connectivity index (χ3v) is 5.82. The van der Waals surface area contributed by atoms with Crippen LogP contribution in [-0.2, 0) is 16.0 Å². The van der Waals surface area contributed by atoms with Crippen molar-refractivity contribution >= 4 is 29.6 Å². The van der Waals surface area contributed by atoms with E-state index >= 15 is 4.39 Å². The third-order valence-electron chi connectivity index (χ3n) is 5.82. The molecule has 1 aromatic carbocycles. The second-order valence-corrected chi connectivity index (χ2v) is 9.28. The highest BCUT2D eigenvalue weighted by atomic mass is 19.1. The smallest absolute Gasteiger partial charge is 0.409 e. The Bertz CT molecular complexity index is 1110. The third kappa shape index (κ3) is 8.58. The van der Waals surface area contributed by atoms with Gasteiger partial charge in [0.1, 0.15) is 6.61 Å². The van der Waals surface area contributed by atoms with E-state index in [4.69, 9.17) is 9.47 Å². The Morgan fingerprint density at radius 1 is 1.11 bits per heavy atom. The molecule has 2 aromatic rings. The minimum atomic E-state index is -0.568. The number of anilines is 2. The molecular formula is C26H35FN6O5. The molecule has 12 heteroatoms. The molecule has 38 heavy (non-hydrogen) atoms. The molecule has 0 spiro atoms. The molecule has 0 unspecified atom stereocenters. The summed E-state index contributed by atoms with van der Waals surface area (Å²) in [4.78, 5) is 45.6. The molecule has 0 atom stereocenters. The first kappa shape index (κ1) is 28.6. The lowest BCUT2D eigenvalue weighted by molar-refractivity contribution is 0.0580. The average Bonchev–Trinajstić information content (AvgIpc) is 2.87. The number of nitrogens with one attached hydrogen (secondary N) is 2. The number of hydrogen-bond acceptors (Lipinski definition) is 7. The maximum Gasteiger partial charge on any atom is 0.409 e. The van der Waals surface area contributed by atoms with Gasteiger partial charge >= 0.3 is 18.2 Å². The van der Waals surface area contributed by atoms with Crippen molar-refractivity contribution in [3.8, 4) is 0 Å². The number of urea groups is 1. The minimum absolute atomic E-state index is 0.0573. The Morgan fingerprint density at radius 2 is 1.84 bits per heavy atom. The maximum atomic E-state index is 15.1. The highest BCUT2D eigenvalue weighted by molar-refractivity contribution is 5.99.